The van der Waals surface area contributed by atoms with Gasteiger partial charge in [0.05, 0.1) is 11.4 Å². The molecule has 0 radical (unpaired) electrons. The van der Waals surface area contributed by atoms with E-state index in [9.17, 15) is 4.21 Å². The number of hydrogen-bond acceptors (Lipinski definition) is 2. The zero-order valence-corrected chi connectivity index (χ0v) is 8.73. The second-order valence-corrected chi connectivity index (χ2v) is 5.05. The third kappa shape index (κ3) is 3.23. The Morgan fingerprint density at radius 1 is 1.25 bits per heavy atom. The molecular formula is C9H18O2S. The van der Waals surface area contributed by atoms with Gasteiger partial charge >= 0.3 is 0 Å². The lowest BCUT2D eigenvalue weighted by atomic mass is 10.0. The third-order valence-electron chi connectivity index (χ3n) is 2.11. The number of rotatable bonds is 3. The van der Waals surface area contributed by atoms with Gasteiger partial charge in [-0.3, -0.25) is 4.18 Å². The first-order chi connectivity index (χ1) is 5.70. The first-order valence-electron chi connectivity index (χ1n) is 4.78. The molecule has 0 N–H and O–H groups in total. The molecule has 1 fully saturated rings. The van der Waals surface area contributed by atoms with Crippen molar-refractivity contribution in [3.63, 3.8) is 0 Å². The summed E-state index contributed by atoms with van der Waals surface area (Å²) in [7, 11) is 0. The lowest BCUT2D eigenvalue weighted by molar-refractivity contribution is 0.262. The van der Waals surface area contributed by atoms with Gasteiger partial charge in [0.2, 0.25) is 0 Å². The molecule has 72 valence electrons. The average Bonchev–Trinajstić information content (AvgIpc) is 2.05. The van der Waals surface area contributed by atoms with E-state index in [1.165, 1.54) is 19.3 Å². The van der Waals surface area contributed by atoms with Crippen LogP contribution in [0.15, 0.2) is 0 Å². The summed E-state index contributed by atoms with van der Waals surface area (Å²) in [6, 6.07) is 0. The minimum absolute atomic E-state index is 0.0905. The molecule has 0 bridgehead atoms. The number of hydrogen-bond donors (Lipinski definition) is 0. The molecule has 1 aliphatic carbocycles. The minimum atomic E-state index is -1.04. The monoisotopic (exact) mass is 190 g/mol. The van der Waals surface area contributed by atoms with Crippen molar-refractivity contribution in [2.24, 2.45) is 0 Å². The molecule has 0 aromatic carbocycles. The van der Waals surface area contributed by atoms with Crippen molar-refractivity contribution in [1.29, 1.82) is 0 Å². The van der Waals surface area contributed by atoms with Crippen LogP contribution >= 0.6 is 0 Å². The van der Waals surface area contributed by atoms with Gasteiger partial charge in [-0.2, -0.15) is 0 Å². The second-order valence-electron chi connectivity index (χ2n) is 3.67. The van der Waals surface area contributed by atoms with E-state index >= 15 is 0 Å². The standard InChI is InChI=1S/C9H18O2S/c1-8(2)11-12(10)9-6-4-3-5-7-9/h8-9H,3-7H2,1-2H3/t12-/m1/s1. The summed E-state index contributed by atoms with van der Waals surface area (Å²) < 4.78 is 16.8. The van der Waals surface area contributed by atoms with Crippen LogP contribution in [0, 0.1) is 0 Å². The summed E-state index contributed by atoms with van der Waals surface area (Å²) in [6.45, 7) is 3.86. The van der Waals surface area contributed by atoms with Crippen molar-refractivity contribution in [3.05, 3.63) is 0 Å². The molecule has 12 heavy (non-hydrogen) atoms. The molecule has 1 aliphatic rings. The van der Waals surface area contributed by atoms with Gasteiger partial charge in [0, 0.05) is 0 Å². The largest absolute Gasteiger partial charge is 0.288 e. The van der Waals surface area contributed by atoms with Crippen LogP contribution in [0.2, 0.25) is 0 Å². The van der Waals surface area contributed by atoms with Gasteiger partial charge in [-0.25, -0.2) is 4.21 Å². The van der Waals surface area contributed by atoms with Crippen LogP contribution < -0.4 is 0 Å². The Hall–Kier alpha value is 0.110. The Morgan fingerprint density at radius 3 is 2.33 bits per heavy atom. The smallest absolute Gasteiger partial charge is 0.158 e. The highest BCUT2D eigenvalue weighted by Crippen LogP contribution is 2.22. The quantitative estimate of drug-likeness (QED) is 0.683. The fourth-order valence-electron chi connectivity index (χ4n) is 1.53. The summed E-state index contributed by atoms with van der Waals surface area (Å²) in [5.74, 6) is 0. The molecule has 2 nitrogen and oxygen atoms in total. The van der Waals surface area contributed by atoms with Crippen molar-refractivity contribution < 1.29 is 8.39 Å². The maximum Gasteiger partial charge on any atom is 0.158 e. The Balaban J connectivity index is 2.30. The Bertz CT molecular complexity index is 151. The minimum Gasteiger partial charge on any atom is -0.288 e. The molecule has 0 aromatic rings. The molecule has 0 heterocycles. The highest BCUT2D eigenvalue weighted by atomic mass is 32.2. The molecule has 3 heteroatoms. The van der Waals surface area contributed by atoms with Crippen LogP contribution in [0.5, 0.6) is 0 Å². The Labute approximate surface area is 77.3 Å². The van der Waals surface area contributed by atoms with E-state index in [1.54, 1.807) is 0 Å². The van der Waals surface area contributed by atoms with Gasteiger partial charge in [0.15, 0.2) is 11.1 Å². The predicted octanol–water partition coefficient (Wildman–Crippen LogP) is 2.41. The fraction of sp³-hybridized carbons (Fsp3) is 1.00. The molecule has 1 atom stereocenters. The van der Waals surface area contributed by atoms with Gasteiger partial charge in [0.25, 0.3) is 0 Å². The molecule has 0 aromatic heterocycles. The van der Waals surface area contributed by atoms with E-state index < -0.39 is 11.1 Å². The topological polar surface area (TPSA) is 26.3 Å². The summed E-state index contributed by atoms with van der Waals surface area (Å²) in [4.78, 5) is 0. The fourth-order valence-corrected chi connectivity index (χ4v) is 2.78. The first kappa shape index (κ1) is 10.2. The van der Waals surface area contributed by atoms with Crippen molar-refractivity contribution in [2.75, 3.05) is 0 Å². The van der Waals surface area contributed by atoms with Gasteiger partial charge in [-0.15, -0.1) is 0 Å². The van der Waals surface area contributed by atoms with E-state index in [1.807, 2.05) is 13.8 Å². The SMILES string of the molecule is CC(C)O[S@@](=O)C1CCCCC1. The molecule has 0 spiro atoms. The summed E-state index contributed by atoms with van der Waals surface area (Å²) in [6.07, 6.45) is 6.00. The maximum absolute atomic E-state index is 11.5. The normalized spacial score (nSPS) is 22.9. The highest BCUT2D eigenvalue weighted by molar-refractivity contribution is 7.80. The average molecular weight is 190 g/mol. The van der Waals surface area contributed by atoms with Crippen LogP contribution in [0.1, 0.15) is 46.0 Å². The van der Waals surface area contributed by atoms with Crippen LogP contribution in [0.3, 0.4) is 0 Å². The van der Waals surface area contributed by atoms with Gasteiger partial charge in [0.1, 0.15) is 0 Å². The second kappa shape index (κ2) is 4.97. The summed E-state index contributed by atoms with van der Waals surface area (Å²) in [5, 5.41) is 0.307. The van der Waals surface area contributed by atoms with Gasteiger partial charge < -0.3 is 0 Å². The Morgan fingerprint density at radius 2 is 1.83 bits per heavy atom. The van der Waals surface area contributed by atoms with Crippen LogP contribution in [-0.4, -0.2) is 15.6 Å². The lowest BCUT2D eigenvalue weighted by Crippen LogP contribution is -2.22. The maximum atomic E-state index is 11.5. The summed E-state index contributed by atoms with van der Waals surface area (Å²) in [5.41, 5.74) is 0. The van der Waals surface area contributed by atoms with Crippen LogP contribution in [0.4, 0.5) is 0 Å². The highest BCUT2D eigenvalue weighted by Gasteiger charge is 2.21. The zero-order valence-electron chi connectivity index (χ0n) is 7.91. The van der Waals surface area contributed by atoms with Crippen molar-refractivity contribution in [1.82, 2.24) is 0 Å². The van der Waals surface area contributed by atoms with E-state index in [0.717, 1.165) is 12.8 Å². The van der Waals surface area contributed by atoms with Crippen molar-refractivity contribution in [3.8, 4) is 0 Å². The van der Waals surface area contributed by atoms with E-state index in [2.05, 4.69) is 0 Å². The molecule has 0 aliphatic heterocycles. The molecule has 1 saturated carbocycles. The summed E-state index contributed by atoms with van der Waals surface area (Å²) >= 11 is -1.04. The predicted molar refractivity (Wildman–Crippen MR) is 51.2 cm³/mol. The zero-order chi connectivity index (χ0) is 8.97. The van der Waals surface area contributed by atoms with Gasteiger partial charge in [-0.05, 0) is 26.7 Å². The van der Waals surface area contributed by atoms with E-state index in [0.29, 0.717) is 5.25 Å². The third-order valence-corrected chi connectivity index (χ3v) is 3.70. The van der Waals surface area contributed by atoms with Gasteiger partial charge in [-0.1, -0.05) is 19.3 Å². The Kier molecular flexibility index (Phi) is 4.22. The van der Waals surface area contributed by atoms with Crippen molar-refractivity contribution >= 4 is 11.1 Å². The molecule has 0 amide bonds. The van der Waals surface area contributed by atoms with Crippen LogP contribution in [-0.2, 0) is 15.3 Å². The van der Waals surface area contributed by atoms with Crippen LogP contribution in [0.25, 0.3) is 0 Å². The molecule has 0 unspecified atom stereocenters. The van der Waals surface area contributed by atoms with Crippen molar-refractivity contribution in [2.45, 2.75) is 57.3 Å². The molecular weight excluding hydrogens is 172 g/mol. The lowest BCUT2D eigenvalue weighted by Gasteiger charge is -2.21. The molecule has 1 rings (SSSR count). The molecule has 0 saturated heterocycles. The first-order valence-corrected chi connectivity index (χ1v) is 5.91. The van der Waals surface area contributed by atoms with E-state index in [-0.39, 0.29) is 6.10 Å². The van der Waals surface area contributed by atoms with E-state index in [4.69, 9.17) is 4.18 Å².